The number of ether oxygens (including phenoxy) is 1. The molecule has 7 heteroatoms. The number of carbonyl (C=O) groups is 1. The number of methoxy groups -OCH3 is 1. The Labute approximate surface area is 132 Å². The molecule has 1 aliphatic heterocycles. The van der Waals surface area contributed by atoms with Gasteiger partial charge in [-0.2, -0.15) is 0 Å². The van der Waals surface area contributed by atoms with Gasteiger partial charge in [0.2, 0.25) is 0 Å². The van der Waals surface area contributed by atoms with Gasteiger partial charge in [0, 0.05) is 5.46 Å². The van der Waals surface area contributed by atoms with Gasteiger partial charge in [0.05, 0.1) is 28.3 Å². The van der Waals surface area contributed by atoms with Crippen molar-refractivity contribution in [2.45, 2.75) is 38.9 Å². The molecule has 0 N–H and O–H groups in total. The van der Waals surface area contributed by atoms with Gasteiger partial charge in [-0.15, -0.1) is 0 Å². The molecule has 1 fully saturated rings. The van der Waals surface area contributed by atoms with Crippen LogP contribution in [-0.2, 0) is 14.0 Å². The van der Waals surface area contributed by atoms with E-state index < -0.39 is 30.1 Å². The lowest BCUT2D eigenvalue weighted by Gasteiger charge is -2.32. The fourth-order valence-electron chi connectivity index (χ4n) is 1.99. The fourth-order valence-corrected chi connectivity index (χ4v) is 2.46. The Balaban J connectivity index is 2.46. The highest BCUT2D eigenvalue weighted by molar-refractivity contribution is 9.10. The van der Waals surface area contributed by atoms with Crippen molar-refractivity contribution in [2.75, 3.05) is 7.11 Å². The summed E-state index contributed by atoms with van der Waals surface area (Å²) in [6.45, 7) is 7.52. The summed E-state index contributed by atoms with van der Waals surface area (Å²) in [4.78, 5) is 11.7. The Morgan fingerprint density at radius 3 is 2.24 bits per heavy atom. The number of hydrogen-bond donors (Lipinski definition) is 0. The molecular weight excluding hydrogens is 342 g/mol. The van der Waals surface area contributed by atoms with E-state index in [4.69, 9.17) is 9.31 Å². The van der Waals surface area contributed by atoms with Crippen molar-refractivity contribution < 1.29 is 23.2 Å². The fraction of sp³-hybridized carbons (Fsp3) is 0.500. The molecule has 0 radical (unpaired) electrons. The van der Waals surface area contributed by atoms with Crippen molar-refractivity contribution in [3.8, 4) is 0 Å². The highest BCUT2D eigenvalue weighted by Gasteiger charge is 2.52. The molecule has 1 aromatic rings. The molecule has 0 saturated carbocycles. The largest absolute Gasteiger partial charge is 0.497 e. The van der Waals surface area contributed by atoms with Gasteiger partial charge in [0.1, 0.15) is 5.82 Å². The molecule has 0 bridgehead atoms. The van der Waals surface area contributed by atoms with Gasteiger partial charge in [-0.05, 0) is 55.8 Å². The third-order valence-electron chi connectivity index (χ3n) is 3.98. The predicted molar refractivity (Wildman–Crippen MR) is 81.2 cm³/mol. The van der Waals surface area contributed by atoms with Gasteiger partial charge < -0.3 is 14.0 Å². The molecule has 0 amide bonds. The maximum Gasteiger partial charge on any atom is 0.497 e. The minimum Gasteiger partial charge on any atom is -0.465 e. The van der Waals surface area contributed by atoms with Crippen LogP contribution in [0.4, 0.5) is 4.39 Å². The van der Waals surface area contributed by atoms with Crippen LogP contribution in [0, 0.1) is 5.82 Å². The molecule has 1 aromatic carbocycles. The Morgan fingerprint density at radius 1 is 1.24 bits per heavy atom. The number of halogens is 2. The predicted octanol–water partition coefficient (Wildman–Crippen LogP) is 2.67. The molecule has 0 atom stereocenters. The summed E-state index contributed by atoms with van der Waals surface area (Å²) >= 11 is 3.10. The standard InChI is InChI=1S/C14H17BBrFO4/c1-13(2)14(3,4)21-15(20-13)9-6-8(12(18)19-5)7-10(16)11(9)17/h6-7H,1-5H3. The maximum absolute atomic E-state index is 14.3. The smallest absolute Gasteiger partial charge is 0.465 e. The number of benzene rings is 1. The van der Waals surface area contributed by atoms with E-state index in [2.05, 4.69) is 20.7 Å². The Morgan fingerprint density at radius 2 is 1.76 bits per heavy atom. The zero-order chi connectivity index (χ0) is 16.0. The van der Waals surface area contributed by atoms with Crippen LogP contribution >= 0.6 is 15.9 Å². The molecule has 21 heavy (non-hydrogen) atoms. The quantitative estimate of drug-likeness (QED) is 0.602. The van der Waals surface area contributed by atoms with E-state index in [1.165, 1.54) is 19.2 Å². The average molecular weight is 359 g/mol. The molecule has 114 valence electrons. The van der Waals surface area contributed by atoms with E-state index in [-0.39, 0.29) is 15.5 Å². The lowest BCUT2D eigenvalue weighted by atomic mass is 9.78. The van der Waals surface area contributed by atoms with Gasteiger partial charge in [-0.1, -0.05) is 0 Å². The van der Waals surface area contributed by atoms with Crippen LogP contribution < -0.4 is 5.46 Å². The van der Waals surface area contributed by atoms with Crippen LogP contribution in [0.5, 0.6) is 0 Å². The maximum atomic E-state index is 14.3. The summed E-state index contributed by atoms with van der Waals surface area (Å²) in [7, 11) is 0.393. The monoisotopic (exact) mass is 358 g/mol. The first-order chi connectivity index (χ1) is 9.59. The average Bonchev–Trinajstić information content (AvgIpc) is 2.60. The van der Waals surface area contributed by atoms with E-state index >= 15 is 0 Å². The molecule has 0 aromatic heterocycles. The lowest BCUT2D eigenvalue weighted by Crippen LogP contribution is -2.41. The van der Waals surface area contributed by atoms with Gasteiger partial charge in [-0.3, -0.25) is 0 Å². The van der Waals surface area contributed by atoms with E-state index in [1.54, 1.807) is 0 Å². The summed E-state index contributed by atoms with van der Waals surface area (Å²) in [6.07, 6.45) is 0. The van der Waals surface area contributed by atoms with Crippen molar-refractivity contribution in [2.24, 2.45) is 0 Å². The van der Waals surface area contributed by atoms with E-state index in [9.17, 15) is 9.18 Å². The second kappa shape index (κ2) is 5.37. The van der Waals surface area contributed by atoms with Gasteiger partial charge in [0.25, 0.3) is 0 Å². The molecule has 2 rings (SSSR count). The molecule has 0 spiro atoms. The molecule has 1 aliphatic rings. The second-order valence-electron chi connectivity index (χ2n) is 5.94. The molecular formula is C14H17BBrFO4. The number of hydrogen-bond acceptors (Lipinski definition) is 4. The Bertz CT molecular complexity index is 573. The molecule has 0 aliphatic carbocycles. The van der Waals surface area contributed by atoms with Crippen LogP contribution in [0.3, 0.4) is 0 Å². The summed E-state index contributed by atoms with van der Waals surface area (Å²) in [5, 5.41) is 0. The second-order valence-corrected chi connectivity index (χ2v) is 6.80. The highest BCUT2D eigenvalue weighted by Crippen LogP contribution is 2.37. The van der Waals surface area contributed by atoms with Crippen molar-refractivity contribution in [1.82, 2.24) is 0 Å². The van der Waals surface area contributed by atoms with Crippen molar-refractivity contribution in [3.05, 3.63) is 28.0 Å². The van der Waals surface area contributed by atoms with Gasteiger partial charge >= 0.3 is 13.1 Å². The van der Waals surface area contributed by atoms with Crippen LogP contribution in [0.1, 0.15) is 38.1 Å². The first-order valence-electron chi connectivity index (χ1n) is 6.52. The lowest BCUT2D eigenvalue weighted by molar-refractivity contribution is 0.00578. The Hall–Kier alpha value is -0.915. The first-order valence-corrected chi connectivity index (χ1v) is 7.31. The highest BCUT2D eigenvalue weighted by atomic mass is 79.9. The van der Waals surface area contributed by atoms with Crippen molar-refractivity contribution in [3.63, 3.8) is 0 Å². The van der Waals surface area contributed by atoms with Crippen molar-refractivity contribution >= 4 is 34.5 Å². The van der Waals surface area contributed by atoms with Crippen LogP contribution in [0.15, 0.2) is 16.6 Å². The zero-order valence-electron chi connectivity index (χ0n) is 12.6. The van der Waals surface area contributed by atoms with E-state index in [1.807, 2.05) is 27.7 Å². The van der Waals surface area contributed by atoms with Crippen LogP contribution in [-0.4, -0.2) is 31.4 Å². The van der Waals surface area contributed by atoms with E-state index in [0.717, 1.165) is 0 Å². The molecule has 1 saturated heterocycles. The number of esters is 1. The minimum absolute atomic E-state index is 0.162. The molecule has 1 heterocycles. The third kappa shape index (κ3) is 2.87. The third-order valence-corrected chi connectivity index (χ3v) is 4.56. The summed E-state index contributed by atoms with van der Waals surface area (Å²) < 4.78 is 30.8. The Kier molecular flexibility index (Phi) is 4.21. The topological polar surface area (TPSA) is 44.8 Å². The van der Waals surface area contributed by atoms with Crippen molar-refractivity contribution in [1.29, 1.82) is 0 Å². The summed E-state index contributed by atoms with van der Waals surface area (Å²) in [5.74, 6) is -1.06. The summed E-state index contributed by atoms with van der Waals surface area (Å²) in [5.41, 5.74) is -0.769. The number of rotatable bonds is 2. The van der Waals surface area contributed by atoms with E-state index in [0.29, 0.717) is 0 Å². The van der Waals surface area contributed by atoms with Gasteiger partial charge in [0.15, 0.2) is 0 Å². The zero-order valence-corrected chi connectivity index (χ0v) is 14.2. The summed E-state index contributed by atoms with van der Waals surface area (Å²) in [6, 6.07) is 2.77. The number of carbonyl (C=O) groups excluding carboxylic acids is 1. The molecule has 4 nitrogen and oxygen atoms in total. The SMILES string of the molecule is COC(=O)c1cc(Br)c(F)c(B2OC(C)(C)C(C)(C)O2)c1. The minimum atomic E-state index is -0.879. The molecule has 0 unspecified atom stereocenters. The first kappa shape index (κ1) is 16.5. The van der Waals surface area contributed by atoms with Crippen LogP contribution in [0.2, 0.25) is 0 Å². The normalized spacial score (nSPS) is 19.7. The van der Waals surface area contributed by atoms with Crippen LogP contribution in [0.25, 0.3) is 0 Å². The van der Waals surface area contributed by atoms with Gasteiger partial charge in [-0.25, -0.2) is 9.18 Å².